The summed E-state index contributed by atoms with van der Waals surface area (Å²) < 4.78 is 0. The van der Waals surface area contributed by atoms with Crippen LogP contribution in [0.1, 0.15) is 20.3 Å². The molecule has 1 atom stereocenters. The molecule has 1 aromatic rings. The molecular weight excluding hydrogens is 294 g/mol. The minimum absolute atomic E-state index is 0. The molecule has 0 radical (unpaired) electrons. The average molecular weight is 318 g/mol. The van der Waals surface area contributed by atoms with Crippen molar-refractivity contribution in [1.82, 2.24) is 9.88 Å². The number of pyridine rings is 1. The largest absolute Gasteiger partial charge is 0.345 e. The smallest absolute Gasteiger partial charge is 0.232 e. The molecule has 1 heterocycles. The standard InChI is InChI=1S/C14H23N3OS.ClH/c1-11(2)13(15)6-9-17(3)14(18)10-19-12-4-7-16-8-5-12;/h4-5,7-8,11,13H,6,9-10,15H2,1-3H3;1H. The Kier molecular flexibility index (Phi) is 9.63. The van der Waals surface area contributed by atoms with Crippen molar-refractivity contribution in [2.24, 2.45) is 11.7 Å². The van der Waals surface area contributed by atoms with E-state index in [9.17, 15) is 4.79 Å². The number of rotatable bonds is 7. The van der Waals surface area contributed by atoms with E-state index in [4.69, 9.17) is 5.73 Å². The zero-order chi connectivity index (χ0) is 14.3. The highest BCUT2D eigenvalue weighted by Gasteiger charge is 2.12. The molecule has 6 heteroatoms. The van der Waals surface area contributed by atoms with Gasteiger partial charge in [-0.1, -0.05) is 13.8 Å². The molecule has 0 saturated carbocycles. The molecule has 0 bridgehead atoms. The second-order valence-corrected chi connectivity index (χ2v) is 6.03. The molecule has 0 aromatic carbocycles. The van der Waals surface area contributed by atoms with Crippen molar-refractivity contribution in [1.29, 1.82) is 0 Å². The van der Waals surface area contributed by atoms with Crippen molar-refractivity contribution in [2.75, 3.05) is 19.3 Å². The van der Waals surface area contributed by atoms with Crippen LogP contribution in [0.3, 0.4) is 0 Å². The summed E-state index contributed by atoms with van der Waals surface area (Å²) in [6.45, 7) is 4.92. The van der Waals surface area contributed by atoms with Crippen LogP contribution in [0.5, 0.6) is 0 Å². The van der Waals surface area contributed by atoms with E-state index in [0.717, 1.165) is 17.9 Å². The number of amides is 1. The van der Waals surface area contributed by atoms with E-state index >= 15 is 0 Å². The van der Waals surface area contributed by atoms with E-state index in [0.29, 0.717) is 11.7 Å². The Balaban J connectivity index is 0.00000361. The maximum Gasteiger partial charge on any atom is 0.232 e. The molecule has 0 aliphatic heterocycles. The Morgan fingerprint density at radius 1 is 1.40 bits per heavy atom. The lowest BCUT2D eigenvalue weighted by atomic mass is 10.0. The molecule has 1 aromatic heterocycles. The molecule has 1 amide bonds. The van der Waals surface area contributed by atoms with Gasteiger partial charge < -0.3 is 10.6 Å². The van der Waals surface area contributed by atoms with Crippen molar-refractivity contribution >= 4 is 30.1 Å². The second-order valence-electron chi connectivity index (χ2n) is 4.98. The third-order valence-corrected chi connectivity index (χ3v) is 4.09. The first-order valence-corrected chi connectivity index (χ1v) is 7.51. The van der Waals surface area contributed by atoms with Crippen LogP contribution in [-0.2, 0) is 4.79 Å². The first-order valence-electron chi connectivity index (χ1n) is 6.53. The molecule has 1 rings (SSSR count). The average Bonchev–Trinajstić information content (AvgIpc) is 2.42. The van der Waals surface area contributed by atoms with Gasteiger partial charge in [-0.2, -0.15) is 0 Å². The third-order valence-electron chi connectivity index (χ3n) is 3.09. The van der Waals surface area contributed by atoms with Crippen LogP contribution < -0.4 is 5.73 Å². The molecule has 0 saturated heterocycles. The summed E-state index contributed by atoms with van der Waals surface area (Å²) in [4.78, 5) is 18.7. The van der Waals surface area contributed by atoms with Crippen LogP contribution in [0.4, 0.5) is 0 Å². The predicted molar refractivity (Wildman–Crippen MR) is 87.3 cm³/mol. The van der Waals surface area contributed by atoms with Crippen LogP contribution in [-0.4, -0.2) is 41.2 Å². The maximum atomic E-state index is 11.9. The first kappa shape index (κ1) is 19.2. The first-order chi connectivity index (χ1) is 9.00. The summed E-state index contributed by atoms with van der Waals surface area (Å²) in [7, 11) is 1.84. The highest BCUT2D eigenvalue weighted by atomic mass is 35.5. The monoisotopic (exact) mass is 317 g/mol. The molecule has 0 aliphatic rings. The zero-order valence-electron chi connectivity index (χ0n) is 12.3. The van der Waals surface area contributed by atoms with E-state index in [-0.39, 0.29) is 24.4 Å². The maximum absolute atomic E-state index is 11.9. The fourth-order valence-electron chi connectivity index (χ4n) is 1.49. The topological polar surface area (TPSA) is 59.2 Å². The van der Waals surface area contributed by atoms with Gasteiger partial charge in [-0.15, -0.1) is 24.2 Å². The lowest BCUT2D eigenvalue weighted by Crippen LogP contribution is -2.35. The molecular formula is C14H24ClN3OS. The number of aromatic nitrogens is 1. The van der Waals surface area contributed by atoms with Crippen molar-refractivity contribution in [3.05, 3.63) is 24.5 Å². The summed E-state index contributed by atoms with van der Waals surface area (Å²) in [6.07, 6.45) is 4.32. The van der Waals surface area contributed by atoms with Gasteiger partial charge in [-0.25, -0.2) is 0 Å². The van der Waals surface area contributed by atoms with Gasteiger partial charge in [0.2, 0.25) is 5.91 Å². The summed E-state index contributed by atoms with van der Waals surface area (Å²) in [5, 5.41) is 0. The number of carbonyl (C=O) groups is 1. The molecule has 20 heavy (non-hydrogen) atoms. The number of nitrogens with zero attached hydrogens (tertiary/aromatic N) is 2. The van der Waals surface area contributed by atoms with Crippen LogP contribution in [0.15, 0.2) is 29.4 Å². The number of halogens is 1. The second kappa shape index (κ2) is 10.0. The fourth-order valence-corrected chi connectivity index (χ4v) is 2.32. The van der Waals surface area contributed by atoms with Crippen molar-refractivity contribution in [3.8, 4) is 0 Å². The Labute approximate surface area is 131 Å². The highest BCUT2D eigenvalue weighted by molar-refractivity contribution is 8.00. The van der Waals surface area contributed by atoms with Gasteiger partial charge in [0.05, 0.1) is 5.75 Å². The summed E-state index contributed by atoms with van der Waals surface area (Å²) >= 11 is 1.53. The number of hydrogen-bond acceptors (Lipinski definition) is 4. The van der Waals surface area contributed by atoms with Crippen molar-refractivity contribution in [2.45, 2.75) is 31.2 Å². The Morgan fingerprint density at radius 2 is 2.00 bits per heavy atom. The minimum atomic E-state index is 0. The van der Waals surface area contributed by atoms with Crippen LogP contribution in [0, 0.1) is 5.92 Å². The van der Waals surface area contributed by atoms with Crippen LogP contribution in [0.25, 0.3) is 0 Å². The zero-order valence-corrected chi connectivity index (χ0v) is 13.9. The predicted octanol–water partition coefficient (Wildman–Crippen LogP) is 2.43. The Morgan fingerprint density at radius 3 is 2.55 bits per heavy atom. The van der Waals surface area contributed by atoms with Crippen molar-refractivity contribution < 1.29 is 4.79 Å². The number of thioether (sulfide) groups is 1. The van der Waals surface area contributed by atoms with Crippen LogP contribution >= 0.6 is 24.2 Å². The molecule has 4 nitrogen and oxygen atoms in total. The SMILES string of the molecule is CC(C)C(N)CCN(C)C(=O)CSc1ccncc1.Cl. The number of nitrogens with two attached hydrogens (primary N) is 1. The van der Waals surface area contributed by atoms with E-state index in [2.05, 4.69) is 18.8 Å². The Bertz CT molecular complexity index is 389. The van der Waals surface area contributed by atoms with Crippen molar-refractivity contribution in [3.63, 3.8) is 0 Å². The van der Waals surface area contributed by atoms with E-state index in [1.165, 1.54) is 11.8 Å². The number of carbonyl (C=O) groups excluding carboxylic acids is 1. The molecule has 0 fully saturated rings. The lowest BCUT2D eigenvalue weighted by Gasteiger charge is -2.21. The van der Waals surface area contributed by atoms with E-state index in [1.54, 1.807) is 17.3 Å². The molecule has 0 aliphatic carbocycles. The summed E-state index contributed by atoms with van der Waals surface area (Å²) in [5.74, 6) is 1.05. The highest BCUT2D eigenvalue weighted by Crippen LogP contribution is 2.16. The summed E-state index contributed by atoms with van der Waals surface area (Å²) in [6, 6.07) is 3.97. The Hall–Kier alpha value is -0.780. The fraction of sp³-hybridized carbons (Fsp3) is 0.571. The molecule has 1 unspecified atom stereocenters. The van der Waals surface area contributed by atoms with Gasteiger partial charge in [-0.3, -0.25) is 9.78 Å². The van der Waals surface area contributed by atoms with E-state index in [1.807, 2.05) is 19.2 Å². The van der Waals surface area contributed by atoms with E-state index < -0.39 is 0 Å². The third kappa shape index (κ3) is 7.12. The van der Waals surface area contributed by atoms with Gasteiger partial charge >= 0.3 is 0 Å². The van der Waals surface area contributed by atoms with Gasteiger partial charge in [0.25, 0.3) is 0 Å². The molecule has 0 spiro atoms. The van der Waals surface area contributed by atoms with Gasteiger partial charge in [0, 0.05) is 36.9 Å². The lowest BCUT2D eigenvalue weighted by molar-refractivity contribution is -0.127. The van der Waals surface area contributed by atoms with Gasteiger partial charge in [-0.05, 0) is 24.5 Å². The quantitative estimate of drug-likeness (QED) is 0.785. The summed E-state index contributed by atoms with van der Waals surface area (Å²) in [5.41, 5.74) is 5.98. The minimum Gasteiger partial charge on any atom is -0.345 e. The molecule has 2 N–H and O–H groups in total. The normalized spacial score (nSPS) is 11.8. The van der Waals surface area contributed by atoms with Gasteiger partial charge in [0.1, 0.15) is 0 Å². The van der Waals surface area contributed by atoms with Gasteiger partial charge in [0.15, 0.2) is 0 Å². The molecule has 114 valence electrons. The van der Waals surface area contributed by atoms with Crippen LogP contribution in [0.2, 0.25) is 0 Å². The number of hydrogen-bond donors (Lipinski definition) is 1.